The van der Waals surface area contributed by atoms with Crippen molar-refractivity contribution in [2.75, 3.05) is 20.2 Å². The standard InChI is InChI=1S/C17H19BrClNO2/c1-20(8-9-21)11-14-10-15(18)4-7-17(14)22-12-13-2-5-16(19)6-3-13/h2-7,10,21H,8-9,11-12H2,1H3. The highest BCUT2D eigenvalue weighted by atomic mass is 79.9. The van der Waals surface area contributed by atoms with Crippen LogP contribution in [0.3, 0.4) is 0 Å². The number of hydrogen-bond donors (Lipinski definition) is 1. The van der Waals surface area contributed by atoms with E-state index in [1.165, 1.54) is 0 Å². The number of hydrogen-bond acceptors (Lipinski definition) is 3. The van der Waals surface area contributed by atoms with Gasteiger partial charge in [-0.05, 0) is 42.9 Å². The Morgan fingerprint density at radius 2 is 1.91 bits per heavy atom. The van der Waals surface area contributed by atoms with Crippen molar-refractivity contribution >= 4 is 27.5 Å². The van der Waals surface area contributed by atoms with Crippen LogP contribution in [-0.4, -0.2) is 30.2 Å². The zero-order valence-electron chi connectivity index (χ0n) is 12.4. The van der Waals surface area contributed by atoms with E-state index in [4.69, 9.17) is 21.4 Å². The van der Waals surface area contributed by atoms with Gasteiger partial charge in [-0.15, -0.1) is 0 Å². The largest absolute Gasteiger partial charge is 0.489 e. The molecule has 118 valence electrons. The highest BCUT2D eigenvalue weighted by Gasteiger charge is 2.08. The number of aliphatic hydroxyl groups excluding tert-OH is 1. The maximum absolute atomic E-state index is 9.02. The fraction of sp³-hybridized carbons (Fsp3) is 0.294. The maximum atomic E-state index is 9.02. The molecular weight excluding hydrogens is 366 g/mol. The molecule has 0 unspecified atom stereocenters. The second-order valence-corrected chi connectivity index (χ2v) is 6.48. The van der Waals surface area contributed by atoms with Crippen molar-refractivity contribution in [3.05, 3.63) is 63.1 Å². The van der Waals surface area contributed by atoms with Gasteiger partial charge in [-0.1, -0.05) is 39.7 Å². The molecule has 0 radical (unpaired) electrons. The lowest BCUT2D eigenvalue weighted by Crippen LogP contribution is -2.21. The fourth-order valence-corrected chi connectivity index (χ4v) is 2.63. The number of ether oxygens (including phenoxy) is 1. The molecule has 3 nitrogen and oxygen atoms in total. The van der Waals surface area contributed by atoms with E-state index in [1.807, 2.05) is 49.5 Å². The number of benzene rings is 2. The van der Waals surface area contributed by atoms with E-state index < -0.39 is 0 Å². The van der Waals surface area contributed by atoms with Gasteiger partial charge in [0.25, 0.3) is 0 Å². The summed E-state index contributed by atoms with van der Waals surface area (Å²) in [5.74, 6) is 0.850. The lowest BCUT2D eigenvalue weighted by molar-refractivity contribution is 0.214. The molecule has 2 rings (SSSR count). The van der Waals surface area contributed by atoms with Crippen LogP contribution < -0.4 is 4.74 Å². The number of nitrogens with zero attached hydrogens (tertiary/aromatic N) is 1. The first kappa shape index (κ1) is 17.3. The average Bonchev–Trinajstić information content (AvgIpc) is 2.48. The van der Waals surface area contributed by atoms with Crippen LogP contribution in [0, 0.1) is 0 Å². The topological polar surface area (TPSA) is 32.7 Å². The third kappa shape index (κ3) is 5.29. The Morgan fingerprint density at radius 3 is 2.59 bits per heavy atom. The smallest absolute Gasteiger partial charge is 0.124 e. The molecular formula is C17H19BrClNO2. The molecule has 0 saturated carbocycles. The van der Waals surface area contributed by atoms with Gasteiger partial charge in [0.2, 0.25) is 0 Å². The minimum absolute atomic E-state index is 0.144. The maximum Gasteiger partial charge on any atom is 0.124 e. The van der Waals surface area contributed by atoms with Gasteiger partial charge < -0.3 is 9.84 Å². The Labute approximate surface area is 144 Å². The lowest BCUT2D eigenvalue weighted by atomic mass is 10.2. The molecule has 0 aliphatic rings. The van der Waals surface area contributed by atoms with Crippen LogP contribution in [0.15, 0.2) is 46.9 Å². The summed E-state index contributed by atoms with van der Waals surface area (Å²) in [7, 11) is 1.97. The molecule has 0 spiro atoms. The van der Waals surface area contributed by atoms with Crippen LogP contribution in [0.4, 0.5) is 0 Å². The summed E-state index contributed by atoms with van der Waals surface area (Å²) in [5.41, 5.74) is 2.15. The number of aliphatic hydroxyl groups is 1. The van der Waals surface area contributed by atoms with E-state index in [0.29, 0.717) is 13.2 Å². The van der Waals surface area contributed by atoms with Gasteiger partial charge in [-0.2, -0.15) is 0 Å². The van der Waals surface area contributed by atoms with E-state index in [0.717, 1.165) is 32.9 Å². The van der Waals surface area contributed by atoms with Crippen molar-refractivity contribution in [1.29, 1.82) is 0 Å². The van der Waals surface area contributed by atoms with Crippen molar-refractivity contribution < 1.29 is 9.84 Å². The first-order chi connectivity index (χ1) is 10.6. The number of halogens is 2. The minimum Gasteiger partial charge on any atom is -0.489 e. The Balaban J connectivity index is 2.07. The molecule has 22 heavy (non-hydrogen) atoms. The molecule has 0 aliphatic carbocycles. The molecule has 0 fully saturated rings. The molecule has 5 heteroatoms. The summed E-state index contributed by atoms with van der Waals surface area (Å²) in [6, 6.07) is 13.6. The van der Waals surface area contributed by atoms with E-state index in [2.05, 4.69) is 20.8 Å². The van der Waals surface area contributed by atoms with Gasteiger partial charge in [0.15, 0.2) is 0 Å². The van der Waals surface area contributed by atoms with E-state index >= 15 is 0 Å². The minimum atomic E-state index is 0.144. The van der Waals surface area contributed by atoms with Crippen LogP contribution >= 0.6 is 27.5 Å². The summed E-state index contributed by atoms with van der Waals surface area (Å²) in [4.78, 5) is 2.05. The zero-order chi connectivity index (χ0) is 15.9. The van der Waals surface area contributed by atoms with Crippen molar-refractivity contribution in [3.8, 4) is 5.75 Å². The SMILES string of the molecule is CN(CCO)Cc1cc(Br)ccc1OCc1ccc(Cl)cc1. The quantitative estimate of drug-likeness (QED) is 0.780. The molecule has 0 aliphatic heterocycles. The fourth-order valence-electron chi connectivity index (χ4n) is 2.09. The predicted molar refractivity (Wildman–Crippen MR) is 93.3 cm³/mol. The molecule has 1 N–H and O–H groups in total. The Morgan fingerprint density at radius 1 is 1.18 bits per heavy atom. The molecule has 0 bridgehead atoms. The zero-order valence-corrected chi connectivity index (χ0v) is 14.8. The second-order valence-electron chi connectivity index (χ2n) is 5.13. The third-order valence-electron chi connectivity index (χ3n) is 3.25. The molecule has 2 aromatic rings. The van der Waals surface area contributed by atoms with Crippen molar-refractivity contribution in [2.45, 2.75) is 13.2 Å². The first-order valence-corrected chi connectivity index (χ1v) is 8.20. The van der Waals surface area contributed by atoms with Crippen molar-refractivity contribution in [2.24, 2.45) is 0 Å². The monoisotopic (exact) mass is 383 g/mol. The van der Waals surface area contributed by atoms with Gasteiger partial charge in [0.05, 0.1) is 6.61 Å². The van der Waals surface area contributed by atoms with E-state index in [9.17, 15) is 0 Å². The van der Waals surface area contributed by atoms with Gasteiger partial charge in [0, 0.05) is 28.1 Å². The van der Waals surface area contributed by atoms with Crippen LogP contribution in [0.1, 0.15) is 11.1 Å². The van der Waals surface area contributed by atoms with Crippen LogP contribution in [-0.2, 0) is 13.2 Å². The molecule has 0 aromatic heterocycles. The Bertz CT molecular complexity index is 604. The second kappa shape index (κ2) is 8.53. The third-order valence-corrected chi connectivity index (χ3v) is 4.00. The summed E-state index contributed by atoms with van der Waals surface area (Å²) in [6.45, 7) is 1.99. The van der Waals surface area contributed by atoms with Crippen LogP contribution in [0.25, 0.3) is 0 Å². The van der Waals surface area contributed by atoms with E-state index in [-0.39, 0.29) is 6.61 Å². The van der Waals surface area contributed by atoms with Gasteiger partial charge in [0.1, 0.15) is 12.4 Å². The first-order valence-electron chi connectivity index (χ1n) is 7.03. The molecule has 0 amide bonds. The molecule has 0 heterocycles. The summed E-state index contributed by atoms with van der Waals surface area (Å²) in [5, 5.41) is 9.74. The highest BCUT2D eigenvalue weighted by Crippen LogP contribution is 2.25. The normalized spacial score (nSPS) is 11.0. The molecule has 2 aromatic carbocycles. The van der Waals surface area contributed by atoms with Gasteiger partial charge in [-0.25, -0.2) is 0 Å². The van der Waals surface area contributed by atoms with E-state index in [1.54, 1.807) is 0 Å². The molecule has 0 saturated heterocycles. The summed E-state index contributed by atoms with van der Waals surface area (Å²) >= 11 is 9.38. The number of rotatable bonds is 7. The van der Waals surface area contributed by atoms with Crippen molar-refractivity contribution in [1.82, 2.24) is 4.90 Å². The Hall–Kier alpha value is -1.07. The van der Waals surface area contributed by atoms with Gasteiger partial charge in [-0.3, -0.25) is 4.90 Å². The summed E-state index contributed by atoms with van der Waals surface area (Å²) in [6.07, 6.45) is 0. The van der Waals surface area contributed by atoms with Gasteiger partial charge >= 0.3 is 0 Å². The predicted octanol–water partition coefficient (Wildman–Crippen LogP) is 4.11. The highest BCUT2D eigenvalue weighted by molar-refractivity contribution is 9.10. The lowest BCUT2D eigenvalue weighted by Gasteiger charge is -2.18. The Kier molecular flexibility index (Phi) is 6.70. The van der Waals surface area contributed by atoms with Crippen LogP contribution in [0.5, 0.6) is 5.75 Å². The summed E-state index contributed by atoms with van der Waals surface area (Å²) < 4.78 is 6.96. The number of likely N-dealkylation sites (N-methyl/N-ethyl adjacent to an activating group) is 1. The molecule has 0 atom stereocenters. The van der Waals surface area contributed by atoms with Crippen LogP contribution in [0.2, 0.25) is 5.02 Å². The van der Waals surface area contributed by atoms with Crippen molar-refractivity contribution in [3.63, 3.8) is 0 Å². The average molecular weight is 385 g/mol.